The zero-order valence-electron chi connectivity index (χ0n) is 53.4. The monoisotopic (exact) mass is 1140 g/mol. The fourth-order valence-corrected chi connectivity index (χ4v) is 8.92. The highest BCUT2D eigenvalue weighted by atomic mass is 16.7. The Kier molecular flexibility index (Phi) is 59.4. The largest absolute Gasteiger partial charge is 0.477 e. The molecule has 0 spiro atoms. The molecule has 2 unspecified atom stereocenters. The van der Waals surface area contributed by atoms with Gasteiger partial charge in [0, 0.05) is 12.8 Å². The van der Waals surface area contributed by atoms with Crippen molar-refractivity contribution in [3.8, 4) is 0 Å². The Hall–Kier alpha value is -4.31. The van der Waals surface area contributed by atoms with Crippen molar-refractivity contribution >= 4 is 17.9 Å². The first-order chi connectivity index (χ1) is 40.1. The topological polar surface area (TPSA) is 108 Å². The van der Waals surface area contributed by atoms with Crippen LogP contribution in [0.5, 0.6) is 0 Å². The molecule has 0 fully saturated rings. The van der Waals surface area contributed by atoms with Gasteiger partial charge in [0.15, 0.2) is 6.10 Å². The highest BCUT2D eigenvalue weighted by molar-refractivity contribution is 5.71. The van der Waals surface area contributed by atoms with E-state index in [0.29, 0.717) is 23.9 Å². The molecule has 0 rings (SSSR count). The number of carboxylic acid groups (broad SMARTS) is 1. The predicted octanol–water partition coefficient (Wildman–Crippen LogP) is 20.4. The summed E-state index contributed by atoms with van der Waals surface area (Å²) in [7, 11) is 5.96. The molecule has 0 radical (unpaired) electrons. The lowest BCUT2D eigenvalue weighted by Crippen LogP contribution is -2.40. The van der Waals surface area contributed by atoms with E-state index in [4.69, 9.17) is 18.9 Å². The lowest BCUT2D eigenvalue weighted by molar-refractivity contribution is -0.870. The maximum atomic E-state index is 12.9. The van der Waals surface area contributed by atoms with Crippen LogP contribution in [0.15, 0.2) is 122 Å². The number of ether oxygens (including phenoxy) is 4. The second-order valence-electron chi connectivity index (χ2n) is 23.1. The average molecular weight is 1140 g/mol. The summed E-state index contributed by atoms with van der Waals surface area (Å²) in [6, 6.07) is 0. The van der Waals surface area contributed by atoms with Crippen molar-refractivity contribution in [3.63, 3.8) is 0 Å². The van der Waals surface area contributed by atoms with Crippen LogP contribution in [0.2, 0.25) is 0 Å². The van der Waals surface area contributed by atoms with E-state index in [2.05, 4.69) is 135 Å². The zero-order chi connectivity index (χ0) is 59.8. The molecule has 0 amide bonds. The Morgan fingerprint density at radius 2 is 0.695 bits per heavy atom. The second-order valence-corrected chi connectivity index (χ2v) is 23.1. The number of hydrogen-bond donors (Lipinski definition) is 1. The Bertz CT molecular complexity index is 1760. The quantitative estimate of drug-likeness (QED) is 0.0211. The molecule has 82 heavy (non-hydrogen) atoms. The third-order valence-electron chi connectivity index (χ3n) is 14.0. The highest BCUT2D eigenvalue weighted by Crippen LogP contribution is 2.17. The van der Waals surface area contributed by atoms with E-state index in [1.807, 2.05) is 21.1 Å². The van der Waals surface area contributed by atoms with Crippen LogP contribution in [0.4, 0.5) is 0 Å². The number of unbranched alkanes of at least 4 members (excludes halogenated alkanes) is 25. The van der Waals surface area contributed by atoms with Gasteiger partial charge in [0.25, 0.3) is 6.29 Å². The van der Waals surface area contributed by atoms with Gasteiger partial charge in [-0.15, -0.1) is 0 Å². The van der Waals surface area contributed by atoms with Crippen LogP contribution in [0.1, 0.15) is 264 Å². The first-order valence-electron chi connectivity index (χ1n) is 33.2. The molecule has 0 aliphatic heterocycles. The van der Waals surface area contributed by atoms with Crippen molar-refractivity contribution in [2.24, 2.45) is 0 Å². The van der Waals surface area contributed by atoms with E-state index in [9.17, 15) is 19.5 Å². The Morgan fingerprint density at radius 1 is 0.378 bits per heavy atom. The van der Waals surface area contributed by atoms with E-state index >= 15 is 0 Å². The molecule has 0 heterocycles. The van der Waals surface area contributed by atoms with Gasteiger partial charge in [-0.2, -0.15) is 0 Å². The maximum absolute atomic E-state index is 12.9. The molecule has 2 atom stereocenters. The summed E-state index contributed by atoms with van der Waals surface area (Å²) in [5.74, 6) is -2.02. The average Bonchev–Trinajstić information content (AvgIpc) is 3.47. The van der Waals surface area contributed by atoms with Gasteiger partial charge in [-0.05, 0) is 89.9 Å². The van der Waals surface area contributed by atoms with Crippen molar-refractivity contribution < 1.29 is 42.9 Å². The van der Waals surface area contributed by atoms with Gasteiger partial charge in [0.1, 0.15) is 13.2 Å². The van der Waals surface area contributed by atoms with E-state index in [1.54, 1.807) is 0 Å². The van der Waals surface area contributed by atoms with Gasteiger partial charge >= 0.3 is 17.9 Å². The van der Waals surface area contributed by atoms with Crippen molar-refractivity contribution in [3.05, 3.63) is 122 Å². The van der Waals surface area contributed by atoms with Crippen molar-refractivity contribution in [1.82, 2.24) is 0 Å². The molecule has 0 saturated carbocycles. The number of allylic oxidation sites excluding steroid dienone is 20. The van der Waals surface area contributed by atoms with Gasteiger partial charge in [0.2, 0.25) is 0 Å². The third kappa shape index (κ3) is 63.3. The molecule has 9 heteroatoms. The third-order valence-corrected chi connectivity index (χ3v) is 14.0. The number of aliphatic carboxylic acids is 1. The molecule has 0 saturated heterocycles. The van der Waals surface area contributed by atoms with Crippen molar-refractivity contribution in [1.29, 1.82) is 0 Å². The minimum atomic E-state index is -1.52. The molecule has 0 aliphatic carbocycles. The Balaban J connectivity index is 4.22. The lowest BCUT2D eigenvalue weighted by Gasteiger charge is -2.25. The maximum Gasteiger partial charge on any atom is 0.361 e. The first kappa shape index (κ1) is 77.7. The molecule has 468 valence electrons. The summed E-state index contributed by atoms with van der Waals surface area (Å²) >= 11 is 0. The van der Waals surface area contributed by atoms with Crippen LogP contribution in [0, 0.1) is 0 Å². The summed E-state index contributed by atoms with van der Waals surface area (Å²) in [6.45, 7) is 4.76. The van der Waals surface area contributed by atoms with Crippen LogP contribution in [0.3, 0.4) is 0 Å². The fourth-order valence-electron chi connectivity index (χ4n) is 8.92. The number of nitrogens with zero attached hydrogens (tertiary/aromatic N) is 1. The van der Waals surface area contributed by atoms with Crippen molar-refractivity contribution in [2.75, 3.05) is 47.5 Å². The van der Waals surface area contributed by atoms with Crippen LogP contribution < -0.4 is 0 Å². The SMILES string of the molecule is CC/C=C\C/C=C\C/C=C\C/C=C\C/C=C\C/C=C\C/C=C\C/C=C\C/C=C\C/C=C\CCCCCCCCC(=O)OC(COC(=O)CCCCCCCCCCCCCCCCCCCCCC)COC(OCC[N+](C)(C)C)C(=O)O. The molecular formula is C73H124NO8+. The van der Waals surface area contributed by atoms with Gasteiger partial charge in [0.05, 0.1) is 34.4 Å². The Labute approximate surface area is 504 Å². The zero-order valence-corrected chi connectivity index (χ0v) is 53.4. The summed E-state index contributed by atoms with van der Waals surface area (Å²) < 4.78 is 22.9. The van der Waals surface area contributed by atoms with E-state index in [-0.39, 0.29) is 32.2 Å². The highest BCUT2D eigenvalue weighted by Gasteiger charge is 2.25. The number of esters is 2. The number of quaternary nitrogens is 1. The Morgan fingerprint density at radius 3 is 1.04 bits per heavy atom. The smallest absolute Gasteiger partial charge is 0.361 e. The van der Waals surface area contributed by atoms with Crippen molar-refractivity contribution in [2.45, 2.75) is 277 Å². The predicted molar refractivity (Wildman–Crippen MR) is 350 cm³/mol. The standard InChI is InChI=1S/C73H123NO8/c1-6-8-10-12-14-16-18-20-22-24-26-28-29-30-31-32-33-34-35-36-37-38-39-40-41-42-43-44-46-48-50-52-54-56-58-60-62-64-71(76)82-69(68-81-73(72(77)78)79-66-65-74(3,4)5)67-80-70(75)63-61-59-57-55-53-51-49-47-45-27-25-23-21-19-17-15-13-11-9-7-2/h8,10,14,16,20,22,26,28,30-31,33-34,36-37,39-40,42-43,46,48,69,73H,6-7,9,11-13,15,17-19,21,23-25,27,29,32,35,38,41,44-45,47,49-68H2,1-5H3/p+1/b10-8-,16-14-,22-20-,28-26-,31-30-,34-33-,37-36-,40-39-,43-42-,48-46-. The molecule has 9 nitrogen and oxygen atoms in total. The molecule has 0 aromatic heterocycles. The molecule has 0 aromatic rings. The lowest BCUT2D eigenvalue weighted by atomic mass is 10.0. The summed E-state index contributed by atoms with van der Waals surface area (Å²) in [4.78, 5) is 37.5. The number of carboxylic acids is 1. The molecule has 0 aromatic carbocycles. The van der Waals surface area contributed by atoms with Gasteiger partial charge in [-0.1, -0.05) is 283 Å². The normalized spacial score (nSPS) is 13.5. The molecule has 0 bridgehead atoms. The van der Waals surface area contributed by atoms with Crippen LogP contribution >= 0.6 is 0 Å². The molecule has 1 N–H and O–H groups in total. The minimum Gasteiger partial charge on any atom is -0.477 e. The van der Waals surface area contributed by atoms with E-state index in [1.165, 1.54) is 109 Å². The number of likely N-dealkylation sites (N-methyl/N-ethyl adjacent to an activating group) is 1. The molecule has 0 aliphatic rings. The number of carbonyl (C=O) groups is 3. The van der Waals surface area contributed by atoms with Gasteiger partial charge in [-0.25, -0.2) is 4.79 Å². The second kappa shape index (κ2) is 62.7. The summed E-state index contributed by atoms with van der Waals surface area (Å²) in [5.41, 5.74) is 0. The van der Waals surface area contributed by atoms with E-state index in [0.717, 1.165) is 122 Å². The minimum absolute atomic E-state index is 0.180. The van der Waals surface area contributed by atoms with Gasteiger partial charge < -0.3 is 28.5 Å². The number of carbonyl (C=O) groups excluding carboxylic acids is 2. The van der Waals surface area contributed by atoms with Gasteiger partial charge in [-0.3, -0.25) is 9.59 Å². The number of rotatable bonds is 60. The summed E-state index contributed by atoms with van der Waals surface area (Å²) in [5, 5.41) is 9.73. The van der Waals surface area contributed by atoms with E-state index < -0.39 is 24.3 Å². The fraction of sp³-hybridized carbons (Fsp3) is 0.685. The number of hydrogen-bond acceptors (Lipinski definition) is 7. The van der Waals surface area contributed by atoms with Crippen LogP contribution in [0.25, 0.3) is 0 Å². The summed E-state index contributed by atoms with van der Waals surface area (Å²) in [6.07, 6.45) is 85.8. The van der Waals surface area contributed by atoms with Crippen LogP contribution in [-0.2, 0) is 33.3 Å². The molecular weight excluding hydrogens is 1020 g/mol. The van der Waals surface area contributed by atoms with Crippen LogP contribution in [-0.4, -0.2) is 87.4 Å². The first-order valence-corrected chi connectivity index (χ1v) is 33.2.